The molecule has 0 aromatic carbocycles. The smallest absolute Gasteiger partial charge is 0.294 e. The van der Waals surface area contributed by atoms with Gasteiger partial charge in [0.05, 0.1) is 6.42 Å². The van der Waals surface area contributed by atoms with Crippen molar-refractivity contribution in [1.29, 1.82) is 0 Å². The maximum atomic E-state index is 11.3. The predicted octanol–water partition coefficient (Wildman–Crippen LogP) is 1.24. The van der Waals surface area contributed by atoms with Gasteiger partial charge in [0.25, 0.3) is 5.78 Å². The molecule has 0 unspecified atom stereocenters. The minimum absolute atomic E-state index is 0.116. The summed E-state index contributed by atoms with van der Waals surface area (Å²) >= 11 is 0. The highest BCUT2D eigenvalue weighted by molar-refractivity contribution is 6.38. The van der Waals surface area contributed by atoms with Crippen LogP contribution in [0.2, 0.25) is 0 Å². The average molecular weight is 212 g/mol. The third-order valence-corrected chi connectivity index (χ3v) is 1.46. The molecule has 0 saturated heterocycles. The second kappa shape index (κ2) is 6.42. The van der Waals surface area contributed by atoms with Gasteiger partial charge in [0.2, 0.25) is 0 Å². The average Bonchev–Trinajstić information content (AvgIpc) is 2.24. The van der Waals surface area contributed by atoms with Gasteiger partial charge in [-0.05, 0) is 0 Å². The normalized spacial score (nSPS) is 10.3. The van der Waals surface area contributed by atoms with E-state index < -0.39 is 24.0 Å². The Kier molecular flexibility index (Phi) is 5.55. The van der Waals surface area contributed by atoms with E-state index >= 15 is 0 Å². The summed E-state index contributed by atoms with van der Waals surface area (Å²) in [6, 6.07) is 0. The lowest BCUT2D eigenvalue weighted by atomic mass is 10.1. The van der Waals surface area contributed by atoms with Crippen molar-refractivity contribution in [2.24, 2.45) is 0 Å². The molecule has 5 heteroatoms. The summed E-state index contributed by atoms with van der Waals surface area (Å²) in [5.74, 6) is -3.59. The molecule has 0 rings (SSSR count). The number of ketones is 2. The third-order valence-electron chi connectivity index (χ3n) is 1.46. The zero-order valence-electron chi connectivity index (χ0n) is 7.86. The van der Waals surface area contributed by atoms with E-state index in [2.05, 4.69) is 18.1 Å². The highest BCUT2D eigenvalue weighted by atomic mass is 19.3. The van der Waals surface area contributed by atoms with Crippen LogP contribution in [0.1, 0.15) is 6.42 Å². The van der Waals surface area contributed by atoms with Crippen LogP contribution in [0.4, 0.5) is 4.53 Å². The number of rotatable bonds is 6. The SMILES string of the molecule is C=C/C=C(\C=C)C(=O)CC(=O)C(=O)OF. The van der Waals surface area contributed by atoms with Crippen LogP contribution >= 0.6 is 0 Å². The van der Waals surface area contributed by atoms with Gasteiger partial charge < -0.3 is 0 Å². The highest BCUT2D eigenvalue weighted by Crippen LogP contribution is 2.03. The molecule has 0 aliphatic carbocycles. The molecule has 0 aliphatic heterocycles. The second-order valence-electron chi connectivity index (χ2n) is 2.45. The third kappa shape index (κ3) is 4.12. The predicted molar refractivity (Wildman–Crippen MR) is 50.3 cm³/mol. The van der Waals surface area contributed by atoms with Crippen molar-refractivity contribution in [2.75, 3.05) is 0 Å². The van der Waals surface area contributed by atoms with Crippen LogP contribution in [0.5, 0.6) is 0 Å². The van der Waals surface area contributed by atoms with E-state index in [1.54, 1.807) is 0 Å². The van der Waals surface area contributed by atoms with Gasteiger partial charge >= 0.3 is 5.97 Å². The van der Waals surface area contributed by atoms with Crippen molar-refractivity contribution in [1.82, 2.24) is 0 Å². The van der Waals surface area contributed by atoms with Gasteiger partial charge in [-0.15, -0.1) is 0 Å². The molecule has 0 fully saturated rings. The summed E-state index contributed by atoms with van der Waals surface area (Å²) < 4.78 is 11.3. The van der Waals surface area contributed by atoms with Crippen molar-refractivity contribution in [3.63, 3.8) is 0 Å². The zero-order valence-corrected chi connectivity index (χ0v) is 7.86. The lowest BCUT2D eigenvalue weighted by molar-refractivity contribution is -0.186. The summed E-state index contributed by atoms with van der Waals surface area (Å²) in [6.45, 7) is 6.68. The molecule has 0 saturated carbocycles. The molecule has 0 N–H and O–H groups in total. The zero-order chi connectivity index (χ0) is 11.8. The topological polar surface area (TPSA) is 60.4 Å². The van der Waals surface area contributed by atoms with Crippen LogP contribution in [-0.2, 0) is 19.3 Å². The van der Waals surface area contributed by atoms with E-state index in [1.165, 1.54) is 18.2 Å². The molecule has 0 spiro atoms. The molecular formula is C10H9FO4. The Morgan fingerprint density at radius 3 is 2.20 bits per heavy atom. The number of halogens is 1. The van der Waals surface area contributed by atoms with Gasteiger partial charge in [-0.1, -0.05) is 31.4 Å². The summed E-state index contributed by atoms with van der Waals surface area (Å²) in [6.07, 6.45) is 3.10. The molecule has 0 aromatic heterocycles. The fourth-order valence-electron chi connectivity index (χ4n) is 0.765. The van der Waals surface area contributed by atoms with E-state index in [0.29, 0.717) is 0 Å². The number of hydrogen-bond donors (Lipinski definition) is 0. The Hall–Kier alpha value is -2.04. The molecule has 0 atom stereocenters. The Bertz CT molecular complexity index is 341. The number of allylic oxidation sites excluding steroid dienone is 4. The van der Waals surface area contributed by atoms with Crippen molar-refractivity contribution in [2.45, 2.75) is 6.42 Å². The van der Waals surface area contributed by atoms with E-state index in [9.17, 15) is 18.9 Å². The van der Waals surface area contributed by atoms with Crippen LogP contribution in [0.25, 0.3) is 0 Å². The summed E-state index contributed by atoms with van der Waals surface area (Å²) in [7, 11) is 0. The fraction of sp³-hybridized carbons (Fsp3) is 0.100. The summed E-state index contributed by atoms with van der Waals surface area (Å²) in [5.41, 5.74) is 0.116. The van der Waals surface area contributed by atoms with Crippen LogP contribution in [-0.4, -0.2) is 17.5 Å². The molecule has 80 valence electrons. The Morgan fingerprint density at radius 2 is 1.80 bits per heavy atom. The number of carbonyl (C=O) groups excluding carboxylic acids is 3. The quantitative estimate of drug-likeness (QED) is 0.287. The second-order valence-corrected chi connectivity index (χ2v) is 2.45. The van der Waals surface area contributed by atoms with Crippen molar-refractivity contribution < 1.29 is 23.9 Å². The lowest BCUT2D eigenvalue weighted by Crippen LogP contribution is -2.18. The number of carbonyl (C=O) groups is 3. The molecule has 0 heterocycles. The fourth-order valence-corrected chi connectivity index (χ4v) is 0.765. The highest BCUT2D eigenvalue weighted by Gasteiger charge is 2.21. The van der Waals surface area contributed by atoms with Gasteiger partial charge in [0.15, 0.2) is 5.78 Å². The molecule has 0 aromatic rings. The Balaban J connectivity index is 4.55. The van der Waals surface area contributed by atoms with E-state index in [0.717, 1.165) is 0 Å². The minimum Gasteiger partial charge on any atom is -0.294 e. The molecule has 15 heavy (non-hydrogen) atoms. The summed E-state index contributed by atoms with van der Waals surface area (Å²) in [4.78, 5) is 35.1. The first-order valence-corrected chi connectivity index (χ1v) is 3.91. The first-order chi connectivity index (χ1) is 7.06. The van der Waals surface area contributed by atoms with Crippen LogP contribution in [0.15, 0.2) is 37.0 Å². The number of Topliss-reactive ketones (excluding diaryl/α,β-unsaturated/α-hetero) is 2. The molecule has 0 radical (unpaired) electrons. The van der Waals surface area contributed by atoms with Gasteiger partial charge in [0.1, 0.15) is 0 Å². The molecule has 0 bridgehead atoms. The minimum atomic E-state index is -1.69. The summed E-state index contributed by atoms with van der Waals surface area (Å²) in [5, 5.41) is 0. The first-order valence-electron chi connectivity index (χ1n) is 3.91. The largest absolute Gasteiger partial charge is 0.415 e. The van der Waals surface area contributed by atoms with Gasteiger partial charge in [-0.2, -0.15) is 0 Å². The lowest BCUT2D eigenvalue weighted by Gasteiger charge is -1.97. The van der Waals surface area contributed by atoms with Crippen molar-refractivity contribution in [3.05, 3.63) is 37.0 Å². The van der Waals surface area contributed by atoms with E-state index in [4.69, 9.17) is 0 Å². The van der Waals surface area contributed by atoms with Gasteiger partial charge in [-0.3, -0.25) is 9.59 Å². The maximum Gasteiger partial charge on any atom is 0.415 e. The Labute approximate surface area is 85.6 Å². The van der Waals surface area contributed by atoms with Crippen LogP contribution in [0, 0.1) is 0 Å². The van der Waals surface area contributed by atoms with Gasteiger partial charge in [0, 0.05) is 10.1 Å². The molecule has 0 aliphatic rings. The Morgan fingerprint density at radius 1 is 1.20 bits per heavy atom. The standard InChI is InChI=1S/C10H9FO4/c1-3-5-7(4-2)8(12)6-9(13)10(14)15-11/h3-5H,1-2,6H2/b7-5+. The monoisotopic (exact) mass is 212 g/mol. The van der Waals surface area contributed by atoms with E-state index in [-0.39, 0.29) is 5.57 Å². The van der Waals surface area contributed by atoms with Gasteiger partial charge in [-0.25, -0.2) is 9.74 Å². The number of hydrogen-bond acceptors (Lipinski definition) is 4. The molecule has 4 nitrogen and oxygen atoms in total. The van der Waals surface area contributed by atoms with E-state index in [1.807, 2.05) is 0 Å². The molecule has 0 amide bonds. The molecular weight excluding hydrogens is 203 g/mol. The first kappa shape index (κ1) is 13.0. The maximum absolute atomic E-state index is 11.3. The van der Waals surface area contributed by atoms with Crippen molar-refractivity contribution >= 4 is 17.5 Å². The van der Waals surface area contributed by atoms with Crippen LogP contribution in [0.3, 0.4) is 0 Å². The van der Waals surface area contributed by atoms with Crippen molar-refractivity contribution in [3.8, 4) is 0 Å². The van der Waals surface area contributed by atoms with Crippen LogP contribution < -0.4 is 0 Å².